The van der Waals surface area contributed by atoms with E-state index in [0.29, 0.717) is 18.5 Å². The highest BCUT2D eigenvalue weighted by Crippen LogP contribution is 2.36. The van der Waals surface area contributed by atoms with Crippen molar-refractivity contribution < 1.29 is 26.4 Å². The van der Waals surface area contributed by atoms with E-state index in [1.807, 2.05) is 0 Å². The first-order chi connectivity index (χ1) is 13.0. The Kier molecular flexibility index (Phi) is 7.28. The van der Waals surface area contributed by atoms with Gasteiger partial charge in [0.1, 0.15) is 0 Å². The minimum Gasteiger partial charge on any atom is -0.352 e. The summed E-state index contributed by atoms with van der Waals surface area (Å²) in [6.07, 6.45) is 3.28. The number of rotatable bonds is 7. The fourth-order valence-corrected chi connectivity index (χ4v) is 3.24. The van der Waals surface area contributed by atoms with Gasteiger partial charge in [0.05, 0.1) is 4.90 Å². The zero-order valence-corrected chi connectivity index (χ0v) is 16.1. The van der Waals surface area contributed by atoms with Crippen molar-refractivity contribution in [3.05, 3.63) is 65.7 Å². The van der Waals surface area contributed by atoms with Crippen LogP contribution in [0.3, 0.4) is 0 Å². The zero-order chi connectivity index (χ0) is 20.8. The summed E-state index contributed by atoms with van der Waals surface area (Å²) in [5.41, 5.74) is -2.91. The molecule has 28 heavy (non-hydrogen) atoms. The average molecular weight is 430 g/mol. The number of hydrogen-bond acceptors (Lipinski definition) is 4. The second-order valence-corrected chi connectivity index (χ2v) is 8.38. The van der Waals surface area contributed by atoms with Crippen molar-refractivity contribution in [2.75, 3.05) is 6.54 Å². The molecule has 2 rings (SSSR count). The predicted molar refractivity (Wildman–Crippen MR) is 102 cm³/mol. The summed E-state index contributed by atoms with van der Waals surface area (Å²) in [5.74, 6) is -0.352. The Labute approximate surface area is 164 Å². The number of alkyl halides is 3. The van der Waals surface area contributed by atoms with Gasteiger partial charge in [0, 0.05) is 17.5 Å². The molecule has 0 aliphatic heterocycles. The van der Waals surface area contributed by atoms with Gasteiger partial charge in [-0.3, -0.25) is 4.79 Å². The molecule has 0 fully saturated rings. The third-order valence-corrected chi connectivity index (χ3v) is 5.17. The normalized spacial score (nSPS) is 12.3. The molecule has 0 heterocycles. The quantitative estimate of drug-likeness (QED) is 0.521. The lowest BCUT2D eigenvalue weighted by Crippen LogP contribution is -2.23. The van der Waals surface area contributed by atoms with Crippen molar-refractivity contribution in [1.82, 2.24) is 5.32 Å². The average Bonchev–Trinajstić information content (AvgIpc) is 2.59. The summed E-state index contributed by atoms with van der Waals surface area (Å²) >= 11 is -0.199. The van der Waals surface area contributed by atoms with Crippen LogP contribution < -0.4 is 10.5 Å². The van der Waals surface area contributed by atoms with Crippen LogP contribution in [-0.2, 0) is 21.2 Å². The van der Waals surface area contributed by atoms with Crippen LogP contribution >= 0.6 is 11.8 Å². The Hall–Kier alpha value is -2.30. The maximum atomic E-state index is 12.3. The van der Waals surface area contributed by atoms with Gasteiger partial charge < -0.3 is 5.32 Å². The van der Waals surface area contributed by atoms with Gasteiger partial charge in [-0.2, -0.15) is 13.2 Å². The second-order valence-electron chi connectivity index (χ2n) is 5.68. The molecule has 10 heteroatoms. The molecule has 0 spiro atoms. The van der Waals surface area contributed by atoms with E-state index < -0.39 is 15.5 Å². The van der Waals surface area contributed by atoms with E-state index in [1.54, 1.807) is 12.1 Å². The summed E-state index contributed by atoms with van der Waals surface area (Å²) in [5, 5.41) is 7.69. The van der Waals surface area contributed by atoms with E-state index >= 15 is 0 Å². The molecule has 5 nitrogen and oxygen atoms in total. The molecule has 3 N–H and O–H groups in total. The first-order valence-corrected chi connectivity index (χ1v) is 10.3. The lowest BCUT2D eigenvalue weighted by molar-refractivity contribution is -0.116. The molecule has 0 saturated carbocycles. The second kappa shape index (κ2) is 9.26. The minimum absolute atomic E-state index is 0.0165. The van der Waals surface area contributed by atoms with Crippen LogP contribution in [0.5, 0.6) is 0 Å². The van der Waals surface area contributed by atoms with Crippen LogP contribution in [0.25, 0.3) is 6.08 Å². The number of thioether (sulfide) groups is 1. The smallest absolute Gasteiger partial charge is 0.352 e. The molecular weight excluding hydrogens is 413 g/mol. The van der Waals surface area contributed by atoms with Crippen LogP contribution in [0.15, 0.2) is 64.4 Å². The Morgan fingerprint density at radius 2 is 1.68 bits per heavy atom. The van der Waals surface area contributed by atoms with Gasteiger partial charge in [-0.05, 0) is 59.7 Å². The number of carbonyl (C=O) groups is 1. The lowest BCUT2D eigenvalue weighted by atomic mass is 10.1. The van der Waals surface area contributed by atoms with Gasteiger partial charge in [-0.15, -0.1) is 0 Å². The largest absolute Gasteiger partial charge is 0.446 e. The van der Waals surface area contributed by atoms with Crippen LogP contribution in [0, 0.1) is 0 Å². The van der Waals surface area contributed by atoms with Gasteiger partial charge in [-0.25, -0.2) is 13.6 Å². The molecule has 0 aliphatic rings. The first-order valence-electron chi connectivity index (χ1n) is 7.96. The van der Waals surface area contributed by atoms with Crippen molar-refractivity contribution in [2.45, 2.75) is 21.7 Å². The van der Waals surface area contributed by atoms with E-state index in [4.69, 9.17) is 5.14 Å². The number of halogens is 3. The highest BCUT2D eigenvalue weighted by Gasteiger charge is 2.28. The number of sulfonamides is 1. The van der Waals surface area contributed by atoms with Crippen molar-refractivity contribution in [3.8, 4) is 0 Å². The molecule has 0 radical (unpaired) electrons. The number of nitrogens with one attached hydrogen (secondary N) is 1. The van der Waals surface area contributed by atoms with Crippen molar-refractivity contribution >= 4 is 33.8 Å². The van der Waals surface area contributed by atoms with Gasteiger partial charge in [0.15, 0.2) is 0 Å². The monoisotopic (exact) mass is 430 g/mol. The maximum absolute atomic E-state index is 12.3. The molecule has 2 aromatic carbocycles. The van der Waals surface area contributed by atoms with Crippen molar-refractivity contribution in [2.24, 2.45) is 5.14 Å². The van der Waals surface area contributed by atoms with Gasteiger partial charge >= 0.3 is 5.51 Å². The fraction of sp³-hybridized carbons (Fsp3) is 0.167. The van der Waals surface area contributed by atoms with Crippen LogP contribution in [0.2, 0.25) is 0 Å². The molecule has 2 aromatic rings. The molecule has 150 valence electrons. The Balaban J connectivity index is 1.80. The van der Waals surface area contributed by atoms with Gasteiger partial charge in [0.2, 0.25) is 15.9 Å². The van der Waals surface area contributed by atoms with E-state index in [9.17, 15) is 26.4 Å². The lowest BCUT2D eigenvalue weighted by Gasteiger charge is -2.05. The number of hydrogen-bond donors (Lipinski definition) is 2. The van der Waals surface area contributed by atoms with Crippen molar-refractivity contribution in [1.29, 1.82) is 0 Å². The van der Waals surface area contributed by atoms with E-state index in [2.05, 4.69) is 5.32 Å². The number of amides is 1. The number of primary sulfonamides is 1. The third kappa shape index (κ3) is 7.75. The Morgan fingerprint density at radius 1 is 1.07 bits per heavy atom. The van der Waals surface area contributed by atoms with Crippen LogP contribution in [0.4, 0.5) is 13.2 Å². The summed E-state index contributed by atoms with van der Waals surface area (Å²) in [7, 11) is -3.73. The van der Waals surface area contributed by atoms with E-state index in [1.165, 1.54) is 48.6 Å². The number of nitrogens with two attached hydrogens (primary N) is 1. The van der Waals surface area contributed by atoms with E-state index in [-0.39, 0.29) is 27.5 Å². The van der Waals surface area contributed by atoms with Crippen LogP contribution in [-0.4, -0.2) is 26.4 Å². The summed E-state index contributed by atoms with van der Waals surface area (Å²) in [6.45, 7) is 0.332. The summed E-state index contributed by atoms with van der Waals surface area (Å²) < 4.78 is 59.2. The Bertz CT molecular complexity index is 940. The topological polar surface area (TPSA) is 89.3 Å². The maximum Gasteiger partial charge on any atom is 0.446 e. The molecular formula is C18H17F3N2O3S2. The van der Waals surface area contributed by atoms with E-state index in [0.717, 1.165) is 5.56 Å². The van der Waals surface area contributed by atoms with Crippen molar-refractivity contribution in [3.63, 3.8) is 0 Å². The highest BCUT2D eigenvalue weighted by molar-refractivity contribution is 8.00. The molecule has 0 atom stereocenters. The number of carbonyl (C=O) groups excluding carboxylic acids is 1. The third-order valence-electron chi connectivity index (χ3n) is 3.51. The fourth-order valence-electron chi connectivity index (χ4n) is 2.19. The first kappa shape index (κ1) is 22.0. The molecule has 0 unspecified atom stereocenters. The molecule has 0 aromatic heterocycles. The summed E-state index contributed by atoms with van der Waals surface area (Å²) in [6, 6.07) is 11.7. The Morgan fingerprint density at radius 3 is 2.21 bits per heavy atom. The molecule has 1 amide bonds. The standard InChI is InChI=1S/C18H17F3N2O3S2/c19-18(20,21)27-15-6-1-13(2-7-15)5-10-17(24)23-12-11-14-3-8-16(9-4-14)28(22,25)26/h1-10H,11-12H2,(H,23,24)(H2,22,25,26)/b10-5+. The predicted octanol–water partition coefficient (Wildman–Crippen LogP) is 3.32. The zero-order valence-electron chi connectivity index (χ0n) is 14.4. The number of benzene rings is 2. The van der Waals surface area contributed by atoms with Gasteiger partial charge in [-0.1, -0.05) is 24.3 Å². The SMILES string of the molecule is NS(=O)(=O)c1ccc(CCNC(=O)/C=C/c2ccc(SC(F)(F)F)cc2)cc1. The van der Waals surface area contributed by atoms with Gasteiger partial charge in [0.25, 0.3) is 0 Å². The molecule has 0 bridgehead atoms. The molecule has 0 saturated heterocycles. The van der Waals surface area contributed by atoms with Crippen LogP contribution in [0.1, 0.15) is 11.1 Å². The highest BCUT2D eigenvalue weighted by atomic mass is 32.2. The summed E-state index contributed by atoms with van der Waals surface area (Å²) in [4.78, 5) is 11.9. The molecule has 0 aliphatic carbocycles. The minimum atomic E-state index is -4.34.